The molecule has 6 nitrogen and oxygen atoms in total. The summed E-state index contributed by atoms with van der Waals surface area (Å²) >= 11 is 1.52. The van der Waals surface area contributed by atoms with Crippen LogP contribution in [0, 0.1) is 10.2 Å². The zero-order chi connectivity index (χ0) is 13.2. The molecule has 2 rings (SSSR count). The Bertz CT molecular complexity index is 379. The van der Waals surface area contributed by atoms with Crippen LogP contribution in [0.15, 0.2) is 4.99 Å². The fraction of sp³-hybridized carbons (Fsp3) is 0.750. The number of likely N-dealkylation sites (tertiary alicyclic amines) is 1. The van der Waals surface area contributed by atoms with E-state index in [1.54, 1.807) is 0 Å². The number of nitrogens with zero attached hydrogens (tertiary/aromatic N) is 2. The summed E-state index contributed by atoms with van der Waals surface area (Å²) in [4.78, 5) is 6.39. The molecule has 0 radical (unpaired) electrons. The summed E-state index contributed by atoms with van der Waals surface area (Å²) in [7, 11) is -4.34. The van der Waals surface area contributed by atoms with Crippen LogP contribution in [-0.2, 0) is 3.74 Å². The molecular weight excluding hydrogens is 320 g/mol. The minimum atomic E-state index is -4.42. The molecule has 0 aromatic heterocycles. The quantitative estimate of drug-likeness (QED) is 0.485. The lowest BCUT2D eigenvalue weighted by Gasteiger charge is -2.15. The van der Waals surface area contributed by atoms with Crippen LogP contribution in [0.1, 0.15) is 19.8 Å². The van der Waals surface area contributed by atoms with E-state index in [1.165, 1.54) is 22.6 Å². The Hall–Kier alpha value is 0.680. The van der Waals surface area contributed by atoms with Crippen LogP contribution >= 0.6 is 32.4 Å². The van der Waals surface area contributed by atoms with Crippen molar-refractivity contribution in [2.24, 2.45) is 4.99 Å². The van der Waals surface area contributed by atoms with Crippen molar-refractivity contribution in [1.82, 2.24) is 4.90 Å². The summed E-state index contributed by atoms with van der Waals surface area (Å²) in [6.45, 7) is 3.67. The van der Waals surface area contributed by atoms with E-state index < -0.39 is 20.0 Å². The van der Waals surface area contributed by atoms with Gasteiger partial charge in [-0.2, -0.15) is 14.0 Å². The average Bonchev–Trinajstić information content (AvgIpc) is 2.85. The first kappa shape index (κ1) is 15.1. The van der Waals surface area contributed by atoms with Gasteiger partial charge in [-0.15, -0.1) is 0 Å². The Labute approximate surface area is 118 Å². The Morgan fingerprint density at radius 1 is 1.44 bits per heavy atom. The van der Waals surface area contributed by atoms with E-state index in [4.69, 9.17) is 0 Å². The third-order valence-corrected chi connectivity index (χ3v) is 7.75. The summed E-state index contributed by atoms with van der Waals surface area (Å²) in [6, 6.07) is 0. The molecule has 0 aromatic rings. The number of rotatable bonds is 3. The average molecular weight is 333 g/mol. The van der Waals surface area contributed by atoms with Gasteiger partial charge < -0.3 is 0 Å². The zero-order valence-corrected chi connectivity index (χ0v) is 12.9. The molecule has 0 N–H and O–H groups in total. The van der Waals surface area contributed by atoms with E-state index in [9.17, 15) is 14.0 Å². The third-order valence-electron chi connectivity index (χ3n) is 2.26. The van der Waals surface area contributed by atoms with E-state index >= 15 is 0 Å². The van der Waals surface area contributed by atoms with E-state index in [0.717, 1.165) is 36.1 Å². The number of thioether (sulfide) groups is 1. The topological polar surface area (TPSA) is 94.0 Å². The number of hydrogen-bond donors (Lipinski definition) is 0. The van der Waals surface area contributed by atoms with E-state index in [0.29, 0.717) is 5.11 Å². The molecule has 2 aliphatic heterocycles. The Balaban J connectivity index is 2.14. The first-order valence-electron chi connectivity index (χ1n) is 5.36. The highest BCUT2D eigenvalue weighted by Crippen LogP contribution is 2.45. The second-order valence-electron chi connectivity index (χ2n) is 3.55. The highest BCUT2D eigenvalue weighted by molar-refractivity contribution is 8.91. The van der Waals surface area contributed by atoms with Gasteiger partial charge in [-0.1, -0.05) is 18.7 Å². The summed E-state index contributed by atoms with van der Waals surface area (Å²) in [6.07, 6.45) is 2.11. The van der Waals surface area contributed by atoms with Crippen molar-refractivity contribution >= 4 is 41.8 Å². The Morgan fingerprint density at radius 3 is 2.67 bits per heavy atom. The van der Waals surface area contributed by atoms with Crippen LogP contribution in [-0.4, -0.2) is 33.2 Å². The van der Waals surface area contributed by atoms with Crippen molar-refractivity contribution in [1.29, 1.82) is 0 Å². The molecule has 2 heterocycles. The molecule has 104 valence electrons. The molecule has 1 unspecified atom stereocenters. The van der Waals surface area contributed by atoms with Gasteiger partial charge in [0.05, 0.1) is 10.2 Å². The summed E-state index contributed by atoms with van der Waals surface area (Å²) in [5.74, 6) is 0.845. The molecule has 2 aliphatic rings. The normalized spacial score (nSPS) is 25.9. The standard InChI is InChI=1S/C8H13ClN2O4S3/c1-2-16-8-10-7(11-5-3-4-6-11)18(17-8)15-9(12,13)14/h2-6H2,1H3. The molecule has 0 amide bonds. The Morgan fingerprint density at radius 2 is 2.11 bits per heavy atom. The minimum absolute atomic E-state index is 0.584. The first-order chi connectivity index (χ1) is 8.49. The molecule has 1 fully saturated rings. The number of hydrogen-bond acceptors (Lipinski definition) is 8. The lowest BCUT2D eigenvalue weighted by molar-refractivity contribution is -1.91. The van der Waals surface area contributed by atoms with Crippen molar-refractivity contribution in [3.63, 3.8) is 0 Å². The van der Waals surface area contributed by atoms with Gasteiger partial charge in [-0.05, 0) is 18.6 Å². The van der Waals surface area contributed by atoms with Crippen molar-refractivity contribution in [2.75, 3.05) is 18.8 Å². The fourth-order valence-corrected chi connectivity index (χ4v) is 7.39. The van der Waals surface area contributed by atoms with Crippen molar-refractivity contribution in [2.45, 2.75) is 19.8 Å². The molecular formula is C8H13ClN2O4S3. The first-order valence-corrected chi connectivity index (χ1v) is 10.1. The predicted molar refractivity (Wildman–Crippen MR) is 67.6 cm³/mol. The molecule has 0 bridgehead atoms. The molecule has 1 atom stereocenters. The second kappa shape index (κ2) is 6.42. The van der Waals surface area contributed by atoms with Gasteiger partial charge in [0.1, 0.15) is 4.38 Å². The van der Waals surface area contributed by atoms with Gasteiger partial charge in [-0.25, -0.2) is 4.99 Å². The van der Waals surface area contributed by atoms with Gasteiger partial charge >= 0.3 is 0 Å². The monoisotopic (exact) mass is 332 g/mol. The van der Waals surface area contributed by atoms with Crippen LogP contribution in [0.25, 0.3) is 0 Å². The molecule has 0 saturated carbocycles. The van der Waals surface area contributed by atoms with Crippen LogP contribution in [0.3, 0.4) is 0 Å². The predicted octanol–water partition coefficient (Wildman–Crippen LogP) is -0.962. The maximum Gasteiger partial charge on any atom is 0.212 e. The lowest BCUT2D eigenvalue weighted by atomic mass is 10.4. The Kier molecular flexibility index (Phi) is 5.38. The van der Waals surface area contributed by atoms with Crippen molar-refractivity contribution < 1.29 is 28.0 Å². The third kappa shape index (κ3) is 4.09. The van der Waals surface area contributed by atoms with Gasteiger partial charge in [0.2, 0.25) is 9.80 Å². The summed E-state index contributed by atoms with van der Waals surface area (Å²) in [5, 5.41) is 0.584. The van der Waals surface area contributed by atoms with Crippen molar-refractivity contribution in [3.8, 4) is 0 Å². The number of halogens is 1. The SMILES string of the molecule is CCSC1=NC(N2CCCC2)=S(O[Cl+3]([O-])([O-])[O-])S1. The lowest BCUT2D eigenvalue weighted by Crippen LogP contribution is -2.60. The van der Waals surface area contributed by atoms with E-state index in [1.807, 2.05) is 11.8 Å². The maximum atomic E-state index is 10.7. The smallest absolute Gasteiger partial charge is 0.212 e. The van der Waals surface area contributed by atoms with Gasteiger partial charge in [0.15, 0.2) is 8.85 Å². The molecule has 0 spiro atoms. The van der Waals surface area contributed by atoms with Gasteiger partial charge in [0, 0.05) is 23.9 Å². The van der Waals surface area contributed by atoms with Crippen molar-refractivity contribution in [3.05, 3.63) is 0 Å². The summed E-state index contributed by atoms with van der Waals surface area (Å²) < 4.78 is 37.5. The molecule has 18 heavy (non-hydrogen) atoms. The van der Waals surface area contributed by atoms with Crippen LogP contribution < -0.4 is 14.0 Å². The van der Waals surface area contributed by atoms with Crippen LogP contribution in [0.4, 0.5) is 0 Å². The van der Waals surface area contributed by atoms with Crippen LogP contribution in [0.5, 0.6) is 0 Å². The van der Waals surface area contributed by atoms with E-state index in [-0.39, 0.29) is 0 Å². The van der Waals surface area contributed by atoms with E-state index in [2.05, 4.69) is 8.73 Å². The molecule has 1 saturated heterocycles. The minimum Gasteiger partial charge on any atom is -0.251 e. The largest absolute Gasteiger partial charge is 0.251 e. The molecule has 0 aliphatic carbocycles. The maximum absolute atomic E-state index is 10.7. The van der Waals surface area contributed by atoms with Gasteiger partial charge in [-0.3, -0.25) is 4.90 Å². The fourth-order valence-electron chi connectivity index (χ4n) is 1.61. The second-order valence-corrected chi connectivity index (χ2v) is 9.11. The summed E-state index contributed by atoms with van der Waals surface area (Å²) in [5.41, 5.74) is 0. The highest BCUT2D eigenvalue weighted by Gasteiger charge is 2.35. The van der Waals surface area contributed by atoms with Gasteiger partial charge in [0.25, 0.3) is 0 Å². The van der Waals surface area contributed by atoms with Crippen LogP contribution in [0.2, 0.25) is 0 Å². The highest BCUT2D eigenvalue weighted by atomic mass is 35.7. The molecule has 0 aromatic carbocycles. The zero-order valence-electron chi connectivity index (χ0n) is 9.67. The number of aliphatic imine (C=N–C) groups is 1. The molecule has 10 heteroatoms.